The van der Waals surface area contributed by atoms with Crippen LogP contribution in [0, 0.1) is 12.8 Å². The third-order valence-electron chi connectivity index (χ3n) is 2.44. The standard InChI is InChI=1S/C12H21N5O2/c1-7(2)6-9(10(18)19)15-11-13-8(3)14-12(16-11)17(4)5/h7,9H,6H2,1-5H3,(H,18,19)(H,13,14,15,16). The van der Waals surface area contributed by atoms with Crippen molar-refractivity contribution < 1.29 is 9.90 Å². The van der Waals surface area contributed by atoms with Crippen molar-refractivity contribution in [3.63, 3.8) is 0 Å². The van der Waals surface area contributed by atoms with E-state index in [2.05, 4.69) is 20.3 Å². The van der Waals surface area contributed by atoms with Gasteiger partial charge in [-0.15, -0.1) is 0 Å². The van der Waals surface area contributed by atoms with Crippen LogP contribution in [-0.4, -0.2) is 46.2 Å². The molecule has 2 N–H and O–H groups in total. The Hall–Kier alpha value is -1.92. The second kappa shape index (κ2) is 6.31. The molecule has 0 spiro atoms. The molecular weight excluding hydrogens is 246 g/mol. The van der Waals surface area contributed by atoms with E-state index in [4.69, 9.17) is 0 Å². The molecule has 0 saturated heterocycles. The number of aromatic nitrogens is 3. The molecule has 0 radical (unpaired) electrons. The number of aryl methyl sites for hydroxylation is 1. The lowest BCUT2D eigenvalue weighted by Crippen LogP contribution is -2.32. The van der Waals surface area contributed by atoms with Crippen molar-refractivity contribution in [1.82, 2.24) is 15.0 Å². The summed E-state index contributed by atoms with van der Waals surface area (Å²) in [5.74, 6) is 0.714. The van der Waals surface area contributed by atoms with Gasteiger partial charge in [0.1, 0.15) is 11.9 Å². The van der Waals surface area contributed by atoms with Crippen molar-refractivity contribution in [2.45, 2.75) is 33.2 Å². The van der Waals surface area contributed by atoms with Crippen molar-refractivity contribution in [2.24, 2.45) is 5.92 Å². The van der Waals surface area contributed by atoms with Gasteiger partial charge in [-0.25, -0.2) is 4.79 Å². The van der Waals surface area contributed by atoms with Crippen LogP contribution in [0.5, 0.6) is 0 Å². The van der Waals surface area contributed by atoms with E-state index in [9.17, 15) is 9.90 Å². The van der Waals surface area contributed by atoms with Gasteiger partial charge in [0.05, 0.1) is 0 Å². The molecule has 1 unspecified atom stereocenters. The molecule has 19 heavy (non-hydrogen) atoms. The molecule has 1 aromatic rings. The molecule has 0 aliphatic rings. The van der Waals surface area contributed by atoms with Crippen LogP contribution < -0.4 is 10.2 Å². The summed E-state index contributed by atoms with van der Waals surface area (Å²) in [6, 6.07) is -0.697. The van der Waals surface area contributed by atoms with Crippen LogP contribution in [0.2, 0.25) is 0 Å². The molecule has 0 aromatic carbocycles. The Kier molecular flexibility index (Phi) is 5.02. The number of anilines is 2. The first kappa shape index (κ1) is 15.1. The molecule has 0 aliphatic carbocycles. The summed E-state index contributed by atoms with van der Waals surface area (Å²) in [7, 11) is 3.64. The molecule has 1 aromatic heterocycles. The van der Waals surface area contributed by atoms with E-state index >= 15 is 0 Å². The van der Waals surface area contributed by atoms with E-state index in [1.54, 1.807) is 11.8 Å². The molecule has 0 fully saturated rings. The van der Waals surface area contributed by atoms with Crippen molar-refractivity contribution in [3.8, 4) is 0 Å². The summed E-state index contributed by atoms with van der Waals surface area (Å²) < 4.78 is 0. The lowest BCUT2D eigenvalue weighted by Gasteiger charge is -2.18. The van der Waals surface area contributed by atoms with Crippen LogP contribution in [0.1, 0.15) is 26.1 Å². The zero-order valence-electron chi connectivity index (χ0n) is 12.0. The highest BCUT2D eigenvalue weighted by atomic mass is 16.4. The predicted octanol–water partition coefficient (Wildman–Crippen LogP) is 1.16. The minimum atomic E-state index is -0.904. The first-order valence-corrected chi connectivity index (χ1v) is 6.19. The van der Waals surface area contributed by atoms with E-state index in [0.29, 0.717) is 24.1 Å². The number of nitrogens with zero attached hydrogens (tertiary/aromatic N) is 4. The van der Waals surface area contributed by atoms with Gasteiger partial charge in [0.25, 0.3) is 0 Å². The maximum Gasteiger partial charge on any atom is 0.326 e. The molecule has 0 aliphatic heterocycles. The lowest BCUT2D eigenvalue weighted by molar-refractivity contribution is -0.138. The predicted molar refractivity (Wildman–Crippen MR) is 73.4 cm³/mol. The van der Waals surface area contributed by atoms with Gasteiger partial charge in [-0.1, -0.05) is 13.8 Å². The third-order valence-corrected chi connectivity index (χ3v) is 2.44. The Morgan fingerprint density at radius 2 is 1.95 bits per heavy atom. The summed E-state index contributed by atoms with van der Waals surface area (Å²) in [5, 5.41) is 12.0. The van der Waals surface area contributed by atoms with Crippen molar-refractivity contribution in [1.29, 1.82) is 0 Å². The molecule has 0 amide bonds. The Balaban J connectivity index is 2.92. The Morgan fingerprint density at radius 3 is 2.42 bits per heavy atom. The van der Waals surface area contributed by atoms with Gasteiger partial charge in [-0.2, -0.15) is 15.0 Å². The molecule has 1 rings (SSSR count). The van der Waals surface area contributed by atoms with Crippen LogP contribution >= 0.6 is 0 Å². The molecule has 1 atom stereocenters. The van der Waals surface area contributed by atoms with Gasteiger partial charge in [-0.05, 0) is 19.3 Å². The minimum Gasteiger partial charge on any atom is -0.480 e. The summed E-state index contributed by atoms with van der Waals surface area (Å²) >= 11 is 0. The summed E-state index contributed by atoms with van der Waals surface area (Å²) in [5.41, 5.74) is 0. The molecule has 7 heteroatoms. The zero-order chi connectivity index (χ0) is 14.6. The number of hydrogen-bond donors (Lipinski definition) is 2. The quantitative estimate of drug-likeness (QED) is 0.799. The number of carbonyl (C=O) groups is 1. The molecule has 7 nitrogen and oxygen atoms in total. The van der Waals surface area contributed by atoms with Crippen LogP contribution in [-0.2, 0) is 4.79 Å². The SMILES string of the molecule is Cc1nc(NC(CC(C)C)C(=O)O)nc(N(C)C)n1. The summed E-state index contributed by atoms with van der Waals surface area (Å²) in [4.78, 5) is 25.4. The van der Waals surface area contributed by atoms with Crippen LogP contribution in [0.25, 0.3) is 0 Å². The fraction of sp³-hybridized carbons (Fsp3) is 0.667. The van der Waals surface area contributed by atoms with Gasteiger partial charge in [-0.3, -0.25) is 0 Å². The first-order valence-electron chi connectivity index (χ1n) is 6.19. The van der Waals surface area contributed by atoms with Gasteiger partial charge >= 0.3 is 5.97 Å². The minimum absolute atomic E-state index is 0.268. The fourth-order valence-corrected chi connectivity index (χ4v) is 1.58. The van der Waals surface area contributed by atoms with Crippen LogP contribution in [0.4, 0.5) is 11.9 Å². The maximum absolute atomic E-state index is 11.2. The number of hydrogen-bond acceptors (Lipinski definition) is 6. The Morgan fingerprint density at radius 1 is 1.32 bits per heavy atom. The van der Waals surface area contributed by atoms with Crippen LogP contribution in [0.3, 0.4) is 0 Å². The monoisotopic (exact) mass is 267 g/mol. The van der Waals surface area contributed by atoms with Crippen molar-refractivity contribution in [2.75, 3.05) is 24.3 Å². The average Bonchev–Trinajstić information content (AvgIpc) is 2.26. The van der Waals surface area contributed by atoms with E-state index < -0.39 is 12.0 Å². The van der Waals surface area contributed by atoms with Crippen molar-refractivity contribution in [3.05, 3.63) is 5.82 Å². The van der Waals surface area contributed by atoms with Crippen LogP contribution in [0.15, 0.2) is 0 Å². The van der Waals surface area contributed by atoms with Gasteiger partial charge in [0.2, 0.25) is 11.9 Å². The van der Waals surface area contributed by atoms with E-state index in [1.165, 1.54) is 0 Å². The van der Waals surface area contributed by atoms with E-state index in [1.807, 2.05) is 27.9 Å². The Bertz CT molecular complexity index is 448. The maximum atomic E-state index is 11.2. The second-order valence-electron chi connectivity index (χ2n) is 5.07. The summed E-state index contributed by atoms with van der Waals surface area (Å²) in [6.45, 7) is 5.70. The smallest absolute Gasteiger partial charge is 0.326 e. The van der Waals surface area contributed by atoms with Crippen molar-refractivity contribution >= 4 is 17.9 Å². The summed E-state index contributed by atoms with van der Waals surface area (Å²) in [6.07, 6.45) is 0.511. The fourth-order valence-electron chi connectivity index (χ4n) is 1.58. The highest BCUT2D eigenvalue weighted by Gasteiger charge is 2.20. The van der Waals surface area contributed by atoms with E-state index in [0.717, 1.165) is 0 Å². The number of carboxylic acid groups (broad SMARTS) is 1. The van der Waals surface area contributed by atoms with Gasteiger partial charge in [0.15, 0.2) is 0 Å². The average molecular weight is 267 g/mol. The molecule has 0 bridgehead atoms. The van der Waals surface area contributed by atoms with Gasteiger partial charge in [0, 0.05) is 14.1 Å². The number of nitrogens with one attached hydrogen (secondary N) is 1. The first-order chi connectivity index (χ1) is 8.79. The molecular formula is C12H21N5O2. The lowest BCUT2D eigenvalue weighted by atomic mass is 10.0. The number of rotatable bonds is 6. The highest BCUT2D eigenvalue weighted by Crippen LogP contribution is 2.12. The zero-order valence-corrected chi connectivity index (χ0v) is 12.0. The van der Waals surface area contributed by atoms with E-state index in [-0.39, 0.29) is 5.92 Å². The highest BCUT2D eigenvalue weighted by molar-refractivity contribution is 5.76. The Labute approximate surface area is 113 Å². The molecule has 1 heterocycles. The number of carboxylic acids is 1. The third kappa shape index (κ3) is 4.69. The second-order valence-corrected chi connectivity index (χ2v) is 5.07. The molecule has 106 valence electrons. The topological polar surface area (TPSA) is 91.2 Å². The largest absolute Gasteiger partial charge is 0.480 e. The molecule has 0 saturated carbocycles. The number of aliphatic carboxylic acids is 1. The normalized spacial score (nSPS) is 12.3. The van der Waals surface area contributed by atoms with Gasteiger partial charge < -0.3 is 15.3 Å².